The molecule has 0 saturated carbocycles. The minimum atomic E-state index is 0.133. The van der Waals surface area contributed by atoms with Gasteiger partial charge in [-0.15, -0.1) is 0 Å². The number of nitrogens with zero attached hydrogens (tertiary/aromatic N) is 3. The molecule has 0 unspecified atom stereocenters. The lowest BCUT2D eigenvalue weighted by molar-refractivity contribution is -0.122. The predicted octanol–water partition coefficient (Wildman–Crippen LogP) is 2.50. The molecular formula is C25H36N4O2. The summed E-state index contributed by atoms with van der Waals surface area (Å²) in [7, 11) is 3.78. The summed E-state index contributed by atoms with van der Waals surface area (Å²) in [4.78, 5) is 19.2. The van der Waals surface area contributed by atoms with Crippen LogP contribution in [0.5, 0.6) is 5.75 Å². The third-order valence-corrected chi connectivity index (χ3v) is 5.90. The lowest BCUT2D eigenvalue weighted by Crippen LogP contribution is -2.49. The molecule has 1 aliphatic rings. The minimum absolute atomic E-state index is 0.133. The van der Waals surface area contributed by atoms with E-state index in [2.05, 4.69) is 51.3 Å². The lowest BCUT2D eigenvalue weighted by atomic mass is 10.1. The van der Waals surface area contributed by atoms with Crippen LogP contribution in [0.15, 0.2) is 54.6 Å². The molecule has 1 N–H and O–H groups in total. The topological polar surface area (TPSA) is 48.1 Å². The van der Waals surface area contributed by atoms with Crippen molar-refractivity contribution in [2.75, 3.05) is 71.4 Å². The molecule has 2 aromatic carbocycles. The number of amides is 1. The molecule has 6 heteroatoms. The number of methoxy groups -OCH3 is 1. The molecule has 2 aromatic rings. The first-order valence-corrected chi connectivity index (χ1v) is 11.2. The van der Waals surface area contributed by atoms with Crippen LogP contribution in [0.2, 0.25) is 0 Å². The van der Waals surface area contributed by atoms with Crippen LogP contribution in [-0.2, 0) is 11.2 Å². The normalized spacial score (nSPS) is 14.9. The molecule has 168 valence electrons. The number of ether oxygens (including phenoxy) is 1. The second-order valence-corrected chi connectivity index (χ2v) is 8.18. The molecule has 0 aromatic heterocycles. The van der Waals surface area contributed by atoms with Gasteiger partial charge in [-0.05, 0) is 42.7 Å². The average Bonchev–Trinajstić information content (AvgIpc) is 2.82. The summed E-state index contributed by atoms with van der Waals surface area (Å²) in [6.07, 6.45) is 1.98. The third kappa shape index (κ3) is 7.89. The molecule has 6 nitrogen and oxygen atoms in total. The number of piperazine rings is 1. The van der Waals surface area contributed by atoms with Gasteiger partial charge in [0.25, 0.3) is 0 Å². The average molecular weight is 425 g/mol. The standard InChI is InChI=1S/C25H36N4O2/c1-27(23-7-4-3-5-8-23)15-6-14-26-25(30)21-29-19-17-28(18-20-29)16-13-22-9-11-24(31-2)12-10-22/h3-5,7-12H,6,13-21H2,1-2H3,(H,26,30). The van der Waals surface area contributed by atoms with Crippen molar-refractivity contribution in [2.45, 2.75) is 12.8 Å². The van der Waals surface area contributed by atoms with Crippen LogP contribution in [0.1, 0.15) is 12.0 Å². The quantitative estimate of drug-likeness (QED) is 0.562. The molecule has 1 fully saturated rings. The fourth-order valence-electron chi connectivity index (χ4n) is 3.87. The second kappa shape index (κ2) is 12.3. The first-order valence-electron chi connectivity index (χ1n) is 11.2. The molecule has 1 saturated heterocycles. The van der Waals surface area contributed by atoms with Crippen LogP contribution in [0.4, 0.5) is 5.69 Å². The van der Waals surface area contributed by atoms with Crippen molar-refractivity contribution < 1.29 is 9.53 Å². The van der Waals surface area contributed by atoms with E-state index < -0.39 is 0 Å². The SMILES string of the molecule is COc1ccc(CCN2CCN(CC(=O)NCCCN(C)c3ccccc3)CC2)cc1. The van der Waals surface area contributed by atoms with E-state index in [0.717, 1.165) is 64.4 Å². The van der Waals surface area contributed by atoms with Crippen molar-refractivity contribution >= 4 is 11.6 Å². The number of anilines is 1. The summed E-state index contributed by atoms with van der Waals surface area (Å²) < 4.78 is 5.22. The third-order valence-electron chi connectivity index (χ3n) is 5.90. The van der Waals surface area contributed by atoms with E-state index in [1.165, 1.54) is 11.3 Å². The van der Waals surface area contributed by atoms with Crippen molar-refractivity contribution in [1.82, 2.24) is 15.1 Å². The van der Waals surface area contributed by atoms with E-state index in [1.807, 2.05) is 30.3 Å². The predicted molar refractivity (Wildman–Crippen MR) is 127 cm³/mol. The number of para-hydroxylation sites is 1. The molecule has 0 aliphatic carbocycles. The highest BCUT2D eigenvalue weighted by atomic mass is 16.5. The molecule has 0 spiro atoms. The van der Waals surface area contributed by atoms with Crippen molar-refractivity contribution in [1.29, 1.82) is 0 Å². The van der Waals surface area contributed by atoms with E-state index in [4.69, 9.17) is 4.74 Å². The van der Waals surface area contributed by atoms with Gasteiger partial charge in [-0.2, -0.15) is 0 Å². The molecule has 0 bridgehead atoms. The zero-order valence-electron chi connectivity index (χ0n) is 18.9. The molecule has 1 aliphatic heterocycles. The Bertz CT molecular complexity index is 774. The summed E-state index contributed by atoms with van der Waals surface area (Å²) in [5, 5.41) is 3.07. The number of hydrogen-bond acceptors (Lipinski definition) is 5. The van der Waals surface area contributed by atoms with Gasteiger partial charge in [0.2, 0.25) is 5.91 Å². The summed E-state index contributed by atoms with van der Waals surface area (Å²) in [6, 6.07) is 18.6. The van der Waals surface area contributed by atoms with E-state index in [-0.39, 0.29) is 5.91 Å². The maximum Gasteiger partial charge on any atom is 0.234 e. The highest BCUT2D eigenvalue weighted by molar-refractivity contribution is 5.78. The number of carbonyl (C=O) groups excluding carboxylic acids is 1. The first-order chi connectivity index (χ1) is 15.1. The molecular weight excluding hydrogens is 388 g/mol. The van der Waals surface area contributed by atoms with Gasteiger partial charge >= 0.3 is 0 Å². The second-order valence-electron chi connectivity index (χ2n) is 8.18. The molecule has 1 amide bonds. The number of hydrogen-bond donors (Lipinski definition) is 1. The van der Waals surface area contributed by atoms with Crippen LogP contribution in [0.25, 0.3) is 0 Å². The molecule has 31 heavy (non-hydrogen) atoms. The van der Waals surface area contributed by atoms with Crippen molar-refractivity contribution in [3.05, 3.63) is 60.2 Å². The maximum atomic E-state index is 12.3. The Morgan fingerprint density at radius 3 is 2.35 bits per heavy atom. The van der Waals surface area contributed by atoms with Gasteiger partial charge in [0.15, 0.2) is 0 Å². The Morgan fingerprint density at radius 1 is 1.00 bits per heavy atom. The number of benzene rings is 2. The van der Waals surface area contributed by atoms with Crippen molar-refractivity contribution in [2.24, 2.45) is 0 Å². The maximum absolute atomic E-state index is 12.3. The van der Waals surface area contributed by atoms with E-state index in [0.29, 0.717) is 6.54 Å². The highest BCUT2D eigenvalue weighted by Crippen LogP contribution is 2.13. The Hall–Kier alpha value is -2.57. The van der Waals surface area contributed by atoms with Crippen LogP contribution in [0.3, 0.4) is 0 Å². The van der Waals surface area contributed by atoms with Gasteiger partial charge in [-0.25, -0.2) is 0 Å². The van der Waals surface area contributed by atoms with Crippen LogP contribution >= 0.6 is 0 Å². The van der Waals surface area contributed by atoms with Gasteiger partial charge in [0, 0.05) is 58.5 Å². The largest absolute Gasteiger partial charge is 0.497 e. The Balaban J connectivity index is 1.25. The first kappa shape index (κ1) is 23.1. The summed E-state index contributed by atoms with van der Waals surface area (Å²) in [5.41, 5.74) is 2.54. The molecule has 3 rings (SSSR count). The van der Waals surface area contributed by atoms with Crippen molar-refractivity contribution in [3.8, 4) is 5.75 Å². The Morgan fingerprint density at radius 2 is 1.68 bits per heavy atom. The molecule has 1 heterocycles. The number of nitrogens with one attached hydrogen (secondary N) is 1. The molecule has 0 atom stereocenters. The van der Waals surface area contributed by atoms with Crippen LogP contribution in [-0.4, -0.2) is 82.2 Å². The fourth-order valence-corrected chi connectivity index (χ4v) is 3.87. The van der Waals surface area contributed by atoms with E-state index >= 15 is 0 Å². The summed E-state index contributed by atoms with van der Waals surface area (Å²) in [6.45, 7) is 7.15. The van der Waals surface area contributed by atoms with E-state index in [1.54, 1.807) is 7.11 Å². The summed E-state index contributed by atoms with van der Waals surface area (Å²) >= 11 is 0. The van der Waals surface area contributed by atoms with E-state index in [9.17, 15) is 4.79 Å². The fraction of sp³-hybridized carbons (Fsp3) is 0.480. The van der Waals surface area contributed by atoms with Gasteiger partial charge in [0.1, 0.15) is 5.75 Å². The van der Waals surface area contributed by atoms with Crippen LogP contribution < -0.4 is 15.0 Å². The molecule has 0 radical (unpaired) electrons. The smallest absolute Gasteiger partial charge is 0.234 e. The minimum Gasteiger partial charge on any atom is -0.497 e. The lowest BCUT2D eigenvalue weighted by Gasteiger charge is -2.34. The number of carbonyl (C=O) groups is 1. The monoisotopic (exact) mass is 424 g/mol. The zero-order chi connectivity index (χ0) is 21.9. The van der Waals surface area contributed by atoms with Gasteiger partial charge in [0.05, 0.1) is 13.7 Å². The van der Waals surface area contributed by atoms with Crippen LogP contribution in [0, 0.1) is 0 Å². The Kier molecular flexibility index (Phi) is 9.18. The van der Waals surface area contributed by atoms with Gasteiger partial charge < -0.3 is 19.9 Å². The van der Waals surface area contributed by atoms with Crippen molar-refractivity contribution in [3.63, 3.8) is 0 Å². The Labute approximate surface area is 186 Å². The summed E-state index contributed by atoms with van der Waals surface area (Å²) in [5.74, 6) is 1.04. The number of rotatable bonds is 11. The van der Waals surface area contributed by atoms with Gasteiger partial charge in [-0.3, -0.25) is 9.69 Å². The zero-order valence-corrected chi connectivity index (χ0v) is 18.9. The highest BCUT2D eigenvalue weighted by Gasteiger charge is 2.18. The van der Waals surface area contributed by atoms with Gasteiger partial charge in [-0.1, -0.05) is 30.3 Å².